The maximum absolute atomic E-state index is 13.5. The van der Waals surface area contributed by atoms with Crippen molar-refractivity contribution in [1.29, 1.82) is 0 Å². The number of ketones is 1. The Bertz CT molecular complexity index is 638. The van der Waals surface area contributed by atoms with E-state index in [1.165, 1.54) is 6.07 Å². The van der Waals surface area contributed by atoms with Crippen molar-refractivity contribution in [3.63, 3.8) is 0 Å². The van der Waals surface area contributed by atoms with Crippen molar-refractivity contribution in [1.82, 2.24) is 0 Å². The Morgan fingerprint density at radius 1 is 1.16 bits per heavy atom. The molecule has 0 aromatic heterocycles. The SMILES string of the molecule is Cc1ccc(C(=O)Cc2ccc(F)cc2F)c(Cl)c1. The Balaban J connectivity index is 2.25. The van der Waals surface area contributed by atoms with Gasteiger partial charge in [0.2, 0.25) is 0 Å². The lowest BCUT2D eigenvalue weighted by molar-refractivity contribution is 0.0992. The van der Waals surface area contributed by atoms with E-state index in [1.54, 1.807) is 18.2 Å². The fourth-order valence-corrected chi connectivity index (χ4v) is 2.12. The number of hydrogen-bond acceptors (Lipinski definition) is 1. The molecule has 0 aliphatic carbocycles. The minimum absolute atomic E-state index is 0.144. The lowest BCUT2D eigenvalue weighted by atomic mass is 10.0. The molecule has 2 aromatic carbocycles. The van der Waals surface area contributed by atoms with Crippen LogP contribution in [0.4, 0.5) is 8.78 Å². The molecule has 19 heavy (non-hydrogen) atoms. The molecule has 2 aromatic rings. The van der Waals surface area contributed by atoms with Crippen molar-refractivity contribution >= 4 is 17.4 Å². The Labute approximate surface area is 114 Å². The quantitative estimate of drug-likeness (QED) is 0.764. The van der Waals surface area contributed by atoms with Crippen LogP contribution in [0.15, 0.2) is 36.4 Å². The van der Waals surface area contributed by atoms with E-state index in [-0.39, 0.29) is 17.8 Å². The normalized spacial score (nSPS) is 10.5. The van der Waals surface area contributed by atoms with Crippen LogP contribution in [-0.2, 0) is 6.42 Å². The van der Waals surface area contributed by atoms with E-state index in [4.69, 9.17) is 11.6 Å². The Hall–Kier alpha value is -1.74. The van der Waals surface area contributed by atoms with Gasteiger partial charge in [-0.05, 0) is 36.2 Å². The predicted molar refractivity (Wildman–Crippen MR) is 70.6 cm³/mol. The molecule has 2 rings (SSSR count). The van der Waals surface area contributed by atoms with Gasteiger partial charge in [0.05, 0.1) is 5.02 Å². The van der Waals surface area contributed by atoms with Gasteiger partial charge in [0.1, 0.15) is 11.6 Å². The minimum atomic E-state index is -0.725. The van der Waals surface area contributed by atoms with Crippen LogP contribution in [0.25, 0.3) is 0 Å². The van der Waals surface area contributed by atoms with Crippen LogP contribution < -0.4 is 0 Å². The van der Waals surface area contributed by atoms with E-state index >= 15 is 0 Å². The molecule has 0 saturated carbocycles. The molecule has 0 heterocycles. The zero-order valence-electron chi connectivity index (χ0n) is 10.2. The van der Waals surface area contributed by atoms with E-state index in [9.17, 15) is 13.6 Å². The smallest absolute Gasteiger partial charge is 0.168 e. The van der Waals surface area contributed by atoms with Crippen LogP contribution in [0.3, 0.4) is 0 Å². The van der Waals surface area contributed by atoms with Crippen LogP contribution in [0.2, 0.25) is 5.02 Å². The summed E-state index contributed by atoms with van der Waals surface area (Å²) in [6.07, 6.45) is -0.144. The van der Waals surface area contributed by atoms with Gasteiger partial charge in [-0.25, -0.2) is 8.78 Å². The Morgan fingerprint density at radius 2 is 1.89 bits per heavy atom. The zero-order valence-corrected chi connectivity index (χ0v) is 11.0. The molecule has 4 heteroatoms. The van der Waals surface area contributed by atoms with Gasteiger partial charge in [-0.1, -0.05) is 23.7 Å². The summed E-state index contributed by atoms with van der Waals surface area (Å²) >= 11 is 5.98. The largest absolute Gasteiger partial charge is 0.294 e. The molecule has 0 unspecified atom stereocenters. The molecule has 0 spiro atoms. The Morgan fingerprint density at radius 3 is 2.53 bits per heavy atom. The highest BCUT2D eigenvalue weighted by molar-refractivity contribution is 6.34. The standard InChI is InChI=1S/C15H11ClF2O/c1-9-2-5-12(13(16)6-9)15(19)7-10-3-4-11(17)8-14(10)18/h2-6,8H,7H2,1H3. The van der Waals surface area contributed by atoms with E-state index in [0.29, 0.717) is 10.6 Å². The fourth-order valence-electron chi connectivity index (χ4n) is 1.78. The number of carbonyl (C=O) groups is 1. The first-order chi connectivity index (χ1) is 8.97. The van der Waals surface area contributed by atoms with Gasteiger partial charge in [0, 0.05) is 18.1 Å². The number of aryl methyl sites for hydroxylation is 1. The number of Topliss-reactive ketones (excluding diaryl/α,β-unsaturated/α-hetero) is 1. The number of carbonyl (C=O) groups excluding carboxylic acids is 1. The second-order valence-electron chi connectivity index (χ2n) is 4.32. The third-order valence-corrected chi connectivity index (χ3v) is 3.10. The topological polar surface area (TPSA) is 17.1 Å². The second-order valence-corrected chi connectivity index (χ2v) is 4.73. The molecule has 0 N–H and O–H groups in total. The summed E-state index contributed by atoms with van der Waals surface area (Å²) in [5.74, 6) is -1.69. The van der Waals surface area contributed by atoms with Crippen molar-refractivity contribution in [3.05, 3.63) is 69.7 Å². The fraction of sp³-hybridized carbons (Fsp3) is 0.133. The van der Waals surface area contributed by atoms with E-state index < -0.39 is 11.6 Å². The summed E-state index contributed by atoms with van der Waals surface area (Å²) in [6, 6.07) is 8.21. The van der Waals surface area contributed by atoms with Crippen molar-refractivity contribution < 1.29 is 13.6 Å². The monoisotopic (exact) mass is 280 g/mol. The summed E-state index contributed by atoms with van der Waals surface area (Å²) in [7, 11) is 0. The highest BCUT2D eigenvalue weighted by atomic mass is 35.5. The van der Waals surface area contributed by atoms with Gasteiger partial charge >= 0.3 is 0 Å². The number of benzene rings is 2. The van der Waals surface area contributed by atoms with E-state index in [2.05, 4.69) is 0 Å². The molecule has 0 aliphatic rings. The summed E-state index contributed by atoms with van der Waals surface area (Å²) in [4.78, 5) is 12.0. The Kier molecular flexibility index (Phi) is 3.96. The second kappa shape index (κ2) is 5.49. The molecule has 0 radical (unpaired) electrons. The molecule has 0 amide bonds. The number of rotatable bonds is 3. The van der Waals surface area contributed by atoms with Crippen molar-refractivity contribution in [3.8, 4) is 0 Å². The number of hydrogen-bond donors (Lipinski definition) is 0. The minimum Gasteiger partial charge on any atom is -0.294 e. The maximum atomic E-state index is 13.5. The van der Waals surface area contributed by atoms with Crippen molar-refractivity contribution in [2.45, 2.75) is 13.3 Å². The van der Waals surface area contributed by atoms with Gasteiger partial charge in [-0.2, -0.15) is 0 Å². The summed E-state index contributed by atoms with van der Waals surface area (Å²) in [5.41, 5.74) is 1.44. The van der Waals surface area contributed by atoms with Gasteiger partial charge in [-0.15, -0.1) is 0 Å². The summed E-state index contributed by atoms with van der Waals surface area (Å²) in [5, 5.41) is 0.340. The van der Waals surface area contributed by atoms with Crippen LogP contribution >= 0.6 is 11.6 Å². The molecule has 0 fully saturated rings. The summed E-state index contributed by atoms with van der Waals surface area (Å²) in [6.45, 7) is 1.86. The maximum Gasteiger partial charge on any atom is 0.168 e. The average molecular weight is 281 g/mol. The molecule has 0 aliphatic heterocycles. The molecule has 1 nitrogen and oxygen atoms in total. The van der Waals surface area contributed by atoms with Crippen molar-refractivity contribution in [2.75, 3.05) is 0 Å². The van der Waals surface area contributed by atoms with Crippen LogP contribution in [0.5, 0.6) is 0 Å². The third kappa shape index (κ3) is 3.18. The molecule has 0 bridgehead atoms. The molecular weight excluding hydrogens is 270 g/mol. The highest BCUT2D eigenvalue weighted by Gasteiger charge is 2.14. The van der Waals surface area contributed by atoms with Crippen LogP contribution in [0.1, 0.15) is 21.5 Å². The van der Waals surface area contributed by atoms with Gasteiger partial charge < -0.3 is 0 Å². The predicted octanol–water partition coefficient (Wildman–Crippen LogP) is 4.35. The van der Waals surface area contributed by atoms with Gasteiger partial charge in [-0.3, -0.25) is 4.79 Å². The first-order valence-corrected chi connectivity index (χ1v) is 6.08. The molecule has 0 atom stereocenters. The molecule has 98 valence electrons. The lowest BCUT2D eigenvalue weighted by Crippen LogP contribution is -2.06. The van der Waals surface area contributed by atoms with Gasteiger partial charge in [0.15, 0.2) is 5.78 Å². The van der Waals surface area contributed by atoms with Crippen molar-refractivity contribution in [2.24, 2.45) is 0 Å². The van der Waals surface area contributed by atoms with Gasteiger partial charge in [0.25, 0.3) is 0 Å². The first kappa shape index (κ1) is 13.7. The third-order valence-electron chi connectivity index (χ3n) is 2.79. The zero-order chi connectivity index (χ0) is 14.0. The molecular formula is C15H11ClF2O. The highest BCUT2D eigenvalue weighted by Crippen LogP contribution is 2.20. The van der Waals surface area contributed by atoms with E-state index in [0.717, 1.165) is 17.7 Å². The number of halogens is 3. The molecule has 0 saturated heterocycles. The summed E-state index contributed by atoms with van der Waals surface area (Å²) < 4.78 is 26.2. The average Bonchev–Trinajstić information content (AvgIpc) is 2.32. The van der Waals surface area contributed by atoms with Crippen LogP contribution in [0, 0.1) is 18.6 Å². The van der Waals surface area contributed by atoms with E-state index in [1.807, 2.05) is 6.92 Å². The lowest BCUT2D eigenvalue weighted by Gasteiger charge is -2.06. The first-order valence-electron chi connectivity index (χ1n) is 5.70. The van der Waals surface area contributed by atoms with Crippen LogP contribution in [-0.4, -0.2) is 5.78 Å².